The van der Waals surface area contributed by atoms with Crippen molar-refractivity contribution in [2.24, 2.45) is 0 Å². The first-order chi connectivity index (χ1) is 19.3. The van der Waals surface area contributed by atoms with E-state index in [0.717, 1.165) is 30.9 Å². The number of nitrogen functional groups attached to an aromatic ring is 1. The Labute approximate surface area is 239 Å². The van der Waals surface area contributed by atoms with E-state index >= 15 is 4.39 Å². The van der Waals surface area contributed by atoms with Crippen molar-refractivity contribution >= 4 is 70.8 Å². The number of para-hydroxylation sites is 1. The number of nitrogens with two attached hydrogens (primary N) is 1. The predicted octanol–water partition coefficient (Wildman–Crippen LogP) is 2.61. The number of piperazine rings is 1. The first-order valence-corrected chi connectivity index (χ1v) is 16.3. The third-order valence-electron chi connectivity index (χ3n) is 8.01. The lowest BCUT2D eigenvalue weighted by atomic mass is 10.0. The summed E-state index contributed by atoms with van der Waals surface area (Å²) < 4.78 is 41.1. The molecule has 40 heavy (non-hydrogen) atoms. The van der Waals surface area contributed by atoms with Crippen LogP contribution in [0.3, 0.4) is 0 Å². The van der Waals surface area contributed by atoms with Crippen molar-refractivity contribution in [2.45, 2.75) is 6.04 Å². The second-order valence-electron chi connectivity index (χ2n) is 10.5. The third-order valence-corrected chi connectivity index (χ3v) is 10.8. The molecule has 2 aromatic carbocycles. The fourth-order valence-corrected chi connectivity index (χ4v) is 8.07. The van der Waals surface area contributed by atoms with Crippen LogP contribution in [0, 0.1) is 5.82 Å². The average molecular weight is 603 g/mol. The molecular weight excluding hydrogens is 575 g/mol. The number of sulfone groups is 1. The van der Waals surface area contributed by atoms with Crippen LogP contribution in [0.2, 0.25) is 5.02 Å². The Kier molecular flexibility index (Phi) is 6.46. The maximum Gasteiger partial charge on any atom is 0.228 e. The van der Waals surface area contributed by atoms with E-state index in [1.807, 2.05) is 17.0 Å². The Morgan fingerprint density at radius 3 is 2.52 bits per heavy atom. The highest BCUT2D eigenvalue weighted by molar-refractivity contribution is 7.91. The van der Waals surface area contributed by atoms with Crippen LogP contribution in [0.25, 0.3) is 32.2 Å². The summed E-state index contributed by atoms with van der Waals surface area (Å²) >= 11 is 8.13. The molecule has 0 bridgehead atoms. The molecule has 3 saturated heterocycles. The smallest absolute Gasteiger partial charge is 0.228 e. The van der Waals surface area contributed by atoms with E-state index in [1.54, 1.807) is 12.1 Å². The standard InChI is InChI=1S/C26H28ClFN8O2S2/c27-18-12-17-23(21(28)20(18)16-2-1-3-19-22(16)31-25(29)39-19)32-26(33-24(17)35-6-4-30-5-7-35)36-13-15(14-36)34-8-10-40(37,38)11-9-34/h1-3,12,15,30H,4-11,13-14H2,(H2,29,31). The highest BCUT2D eigenvalue weighted by Gasteiger charge is 2.37. The number of thiazole rings is 1. The average Bonchev–Trinajstić information content (AvgIpc) is 3.30. The van der Waals surface area contributed by atoms with Gasteiger partial charge in [0.05, 0.1) is 26.7 Å². The summed E-state index contributed by atoms with van der Waals surface area (Å²) in [6.45, 7) is 5.45. The fraction of sp³-hybridized carbons (Fsp3) is 0.423. The molecule has 4 aromatic rings. The van der Waals surface area contributed by atoms with E-state index in [1.165, 1.54) is 11.3 Å². The van der Waals surface area contributed by atoms with Crippen LogP contribution in [-0.2, 0) is 9.84 Å². The van der Waals surface area contributed by atoms with Crippen LogP contribution < -0.4 is 20.9 Å². The van der Waals surface area contributed by atoms with E-state index < -0.39 is 15.7 Å². The number of fused-ring (bicyclic) bond motifs is 2. The van der Waals surface area contributed by atoms with E-state index in [4.69, 9.17) is 27.3 Å². The van der Waals surface area contributed by atoms with Crippen LogP contribution >= 0.6 is 22.9 Å². The van der Waals surface area contributed by atoms with Gasteiger partial charge in [-0.05, 0) is 12.1 Å². The van der Waals surface area contributed by atoms with Gasteiger partial charge >= 0.3 is 0 Å². The minimum atomic E-state index is -2.94. The van der Waals surface area contributed by atoms with Crippen LogP contribution in [0.15, 0.2) is 24.3 Å². The summed E-state index contributed by atoms with van der Waals surface area (Å²) in [5, 5.41) is 4.59. The molecular formula is C26H28ClFN8O2S2. The van der Waals surface area contributed by atoms with E-state index in [-0.39, 0.29) is 33.7 Å². The van der Waals surface area contributed by atoms with Gasteiger partial charge in [0.2, 0.25) is 5.95 Å². The van der Waals surface area contributed by atoms with Gasteiger partial charge in [-0.25, -0.2) is 22.8 Å². The number of halogens is 2. The molecule has 10 nitrogen and oxygen atoms in total. The van der Waals surface area contributed by atoms with Gasteiger partial charge < -0.3 is 20.9 Å². The van der Waals surface area contributed by atoms with Gasteiger partial charge in [0.15, 0.2) is 20.8 Å². The number of anilines is 3. The number of nitrogens with one attached hydrogen (secondary N) is 1. The number of benzene rings is 2. The molecule has 0 radical (unpaired) electrons. The van der Waals surface area contributed by atoms with E-state index in [0.29, 0.717) is 59.5 Å². The van der Waals surface area contributed by atoms with Crippen molar-refractivity contribution in [3.8, 4) is 11.1 Å². The molecule has 0 atom stereocenters. The summed E-state index contributed by atoms with van der Waals surface area (Å²) in [5.41, 5.74) is 7.61. The van der Waals surface area contributed by atoms with Gasteiger partial charge in [0, 0.05) is 74.9 Å². The van der Waals surface area contributed by atoms with Crippen molar-refractivity contribution in [1.82, 2.24) is 25.2 Å². The van der Waals surface area contributed by atoms with Crippen LogP contribution in [0.4, 0.5) is 21.3 Å². The summed E-state index contributed by atoms with van der Waals surface area (Å²) in [6, 6.07) is 7.53. The lowest BCUT2D eigenvalue weighted by molar-refractivity contribution is 0.178. The van der Waals surface area contributed by atoms with Crippen molar-refractivity contribution in [3.63, 3.8) is 0 Å². The highest BCUT2D eigenvalue weighted by atomic mass is 35.5. The van der Waals surface area contributed by atoms with Crippen molar-refractivity contribution in [2.75, 3.05) is 79.4 Å². The largest absolute Gasteiger partial charge is 0.375 e. The molecule has 3 aliphatic rings. The molecule has 0 amide bonds. The van der Waals surface area contributed by atoms with Crippen LogP contribution in [0.5, 0.6) is 0 Å². The van der Waals surface area contributed by atoms with Gasteiger partial charge in [-0.3, -0.25) is 4.90 Å². The second kappa shape index (κ2) is 9.91. The highest BCUT2D eigenvalue weighted by Crippen LogP contribution is 2.42. The fourth-order valence-electron chi connectivity index (χ4n) is 5.78. The molecule has 3 fully saturated rings. The van der Waals surface area contributed by atoms with Crippen molar-refractivity contribution in [3.05, 3.63) is 35.1 Å². The number of nitrogens with zero attached hydrogens (tertiary/aromatic N) is 6. The topological polar surface area (TPSA) is 121 Å². The molecule has 0 spiro atoms. The van der Waals surface area contributed by atoms with Gasteiger partial charge in [0.1, 0.15) is 11.3 Å². The molecule has 0 saturated carbocycles. The zero-order chi connectivity index (χ0) is 27.6. The first-order valence-electron chi connectivity index (χ1n) is 13.3. The minimum Gasteiger partial charge on any atom is -0.375 e. The quantitative estimate of drug-likeness (QED) is 0.361. The Morgan fingerprint density at radius 2 is 1.77 bits per heavy atom. The lowest BCUT2D eigenvalue weighted by Crippen LogP contribution is -2.62. The summed E-state index contributed by atoms with van der Waals surface area (Å²) in [6.07, 6.45) is 0. The lowest BCUT2D eigenvalue weighted by Gasteiger charge is -2.46. The maximum absolute atomic E-state index is 16.6. The molecule has 14 heteroatoms. The molecule has 3 N–H and O–H groups in total. The van der Waals surface area contributed by atoms with E-state index in [2.05, 4.69) is 20.1 Å². The van der Waals surface area contributed by atoms with Gasteiger partial charge in [-0.1, -0.05) is 35.1 Å². The third kappa shape index (κ3) is 4.53. The van der Waals surface area contributed by atoms with Gasteiger partial charge in [0.25, 0.3) is 0 Å². The van der Waals surface area contributed by atoms with Gasteiger partial charge in [-0.15, -0.1) is 0 Å². The zero-order valence-corrected chi connectivity index (χ0v) is 24.0. The minimum absolute atomic E-state index is 0.190. The van der Waals surface area contributed by atoms with Gasteiger partial charge in [-0.2, -0.15) is 4.98 Å². The zero-order valence-electron chi connectivity index (χ0n) is 21.6. The Bertz CT molecular complexity index is 1720. The summed E-state index contributed by atoms with van der Waals surface area (Å²) in [4.78, 5) is 20.5. The molecule has 3 aliphatic heterocycles. The number of rotatable bonds is 4. The Hall–Kier alpha value is -2.84. The summed E-state index contributed by atoms with van der Waals surface area (Å²) in [7, 11) is -2.94. The molecule has 0 unspecified atom stereocenters. The SMILES string of the molecule is Nc1nc2c(-c3c(Cl)cc4c(N5CCNCC5)nc(N5CC(N6CCS(=O)(=O)CC6)C5)nc4c3F)cccc2s1. The van der Waals surface area contributed by atoms with E-state index in [9.17, 15) is 8.42 Å². The number of hydrogen-bond donors (Lipinski definition) is 2. The number of hydrogen-bond acceptors (Lipinski definition) is 11. The predicted molar refractivity (Wildman–Crippen MR) is 159 cm³/mol. The maximum atomic E-state index is 16.6. The summed E-state index contributed by atoms with van der Waals surface area (Å²) in [5.74, 6) is 0.993. The molecule has 2 aromatic heterocycles. The molecule has 7 rings (SSSR count). The molecule has 210 valence electrons. The first kappa shape index (κ1) is 26.1. The van der Waals surface area contributed by atoms with Crippen molar-refractivity contribution in [1.29, 1.82) is 0 Å². The molecule has 0 aliphatic carbocycles. The Morgan fingerprint density at radius 1 is 1.02 bits per heavy atom. The Balaban J connectivity index is 1.30. The van der Waals surface area contributed by atoms with Crippen LogP contribution in [-0.4, -0.2) is 98.2 Å². The molecule has 5 heterocycles. The normalized spacial score (nSPS) is 20.4. The monoisotopic (exact) mass is 602 g/mol. The van der Waals surface area contributed by atoms with Crippen molar-refractivity contribution < 1.29 is 12.8 Å². The number of aromatic nitrogens is 3. The second-order valence-corrected chi connectivity index (χ2v) is 14.3. The van der Waals surface area contributed by atoms with Crippen LogP contribution in [0.1, 0.15) is 0 Å².